The molecule has 0 saturated heterocycles. The van der Waals surface area contributed by atoms with E-state index in [0.717, 1.165) is 5.32 Å². The van der Waals surface area contributed by atoms with Crippen molar-refractivity contribution < 1.29 is 85.3 Å². The molecule has 0 radical (unpaired) electrons. The van der Waals surface area contributed by atoms with Crippen molar-refractivity contribution in [3.8, 4) is 5.75 Å². The Kier molecular flexibility index (Phi) is 10.1. The number of carbonyl (C=O) groups excluding carboxylic acids is 3. The number of alkyl halides is 14. The Bertz CT molecular complexity index is 1070. The second kappa shape index (κ2) is 11.6. The summed E-state index contributed by atoms with van der Waals surface area (Å²) in [7, 11) is 0. The first-order valence-electron chi connectivity index (χ1n) is 10.3. The highest BCUT2D eigenvalue weighted by Crippen LogP contribution is 2.48. The molecule has 1 aromatic carbocycles. The fourth-order valence-corrected chi connectivity index (χ4v) is 2.47. The molecule has 20 heteroatoms. The maximum absolute atomic E-state index is 13.7. The van der Waals surface area contributed by atoms with Crippen LogP contribution >= 0.6 is 0 Å². The normalized spacial score (nSPS) is 14.4. The van der Waals surface area contributed by atoms with Crippen molar-refractivity contribution in [3.05, 3.63) is 29.8 Å². The minimum Gasteiger partial charge on any atom is -0.464 e. The first kappa shape index (κ1) is 34.7. The van der Waals surface area contributed by atoms with Crippen LogP contribution in [0.3, 0.4) is 0 Å². The van der Waals surface area contributed by atoms with Crippen molar-refractivity contribution in [1.82, 2.24) is 5.32 Å². The Hall–Kier alpha value is -3.35. The van der Waals surface area contributed by atoms with Gasteiger partial charge in [0, 0.05) is 6.42 Å². The molecule has 0 aliphatic rings. The number of rotatable bonds is 11. The molecule has 1 aromatic rings. The van der Waals surface area contributed by atoms with E-state index in [1.807, 2.05) is 0 Å². The molecule has 0 spiro atoms. The third kappa shape index (κ3) is 7.04. The lowest BCUT2D eigenvalue weighted by atomic mass is 10.0. The topological polar surface area (TPSA) is 81.7 Å². The van der Waals surface area contributed by atoms with Crippen molar-refractivity contribution in [1.29, 1.82) is 0 Å². The van der Waals surface area contributed by atoms with E-state index in [1.54, 1.807) is 0 Å². The lowest BCUT2D eigenvalue weighted by Gasteiger charge is -2.28. The van der Waals surface area contributed by atoms with Gasteiger partial charge in [-0.15, -0.1) is 0 Å². The summed E-state index contributed by atoms with van der Waals surface area (Å²) in [5.41, 5.74) is -0.350. The first-order valence-corrected chi connectivity index (χ1v) is 10.3. The number of carbonyl (C=O) groups is 3. The molecule has 0 aliphatic carbocycles. The Morgan fingerprint density at radius 2 is 1.20 bits per heavy atom. The molecule has 6 nitrogen and oxygen atoms in total. The number of halogens is 14. The fraction of sp³-hybridized carbons (Fsp3) is 0.550. The van der Waals surface area contributed by atoms with Crippen LogP contribution in [-0.4, -0.2) is 66.5 Å². The molecule has 0 fully saturated rings. The van der Waals surface area contributed by atoms with Gasteiger partial charge in [0.1, 0.15) is 11.8 Å². The zero-order valence-corrected chi connectivity index (χ0v) is 19.3. The predicted octanol–water partition coefficient (Wildman–Crippen LogP) is 5.24. The first-order chi connectivity index (χ1) is 17.8. The molecular weight excluding hydrogens is 600 g/mol. The van der Waals surface area contributed by atoms with Gasteiger partial charge in [-0.2, -0.15) is 61.5 Å². The number of benzene rings is 1. The second-order valence-electron chi connectivity index (χ2n) is 7.72. The zero-order valence-electron chi connectivity index (χ0n) is 19.3. The zero-order chi connectivity index (χ0) is 31.5. The predicted molar refractivity (Wildman–Crippen MR) is 101 cm³/mol. The van der Waals surface area contributed by atoms with Gasteiger partial charge >= 0.3 is 48.0 Å². The number of amides is 1. The summed E-state index contributed by atoms with van der Waals surface area (Å²) in [6, 6.07) is -0.151. The van der Waals surface area contributed by atoms with Crippen LogP contribution in [0.2, 0.25) is 0 Å². The number of ether oxygens (including phenoxy) is 2. The van der Waals surface area contributed by atoms with E-state index in [1.165, 1.54) is 6.92 Å². The molecular formula is C20H15F14NO5. The minimum atomic E-state index is -6.89. The maximum Gasteiger partial charge on any atom is 0.460 e. The van der Waals surface area contributed by atoms with Gasteiger partial charge in [0.25, 0.3) is 5.91 Å². The number of nitrogens with one attached hydrogen (secondary N) is 1. The van der Waals surface area contributed by atoms with Crippen molar-refractivity contribution in [2.24, 2.45) is 0 Å². The maximum atomic E-state index is 13.7. The van der Waals surface area contributed by atoms with E-state index >= 15 is 0 Å². The lowest BCUT2D eigenvalue weighted by Crippen LogP contribution is -2.61. The summed E-state index contributed by atoms with van der Waals surface area (Å²) < 4.78 is 188. The quantitative estimate of drug-likeness (QED) is 0.209. The Morgan fingerprint density at radius 1 is 0.750 bits per heavy atom. The van der Waals surface area contributed by atoms with Gasteiger partial charge in [0.05, 0.1) is 6.61 Å². The van der Waals surface area contributed by atoms with E-state index in [9.17, 15) is 75.8 Å². The molecule has 1 unspecified atom stereocenters. The fourth-order valence-electron chi connectivity index (χ4n) is 2.47. The Balaban J connectivity index is 3.17. The molecule has 228 valence electrons. The molecule has 1 N–H and O–H groups in total. The van der Waals surface area contributed by atoms with Gasteiger partial charge in [-0.1, -0.05) is 19.1 Å². The number of esters is 2. The van der Waals surface area contributed by atoms with E-state index < -0.39 is 78.7 Å². The van der Waals surface area contributed by atoms with Gasteiger partial charge in [-0.25, -0.2) is 9.59 Å². The average Bonchev–Trinajstić information content (AvgIpc) is 2.81. The van der Waals surface area contributed by atoms with Gasteiger partial charge in [0.15, 0.2) is 0 Å². The monoisotopic (exact) mass is 615 g/mol. The van der Waals surface area contributed by atoms with Gasteiger partial charge in [0.2, 0.25) is 0 Å². The van der Waals surface area contributed by atoms with Crippen molar-refractivity contribution in [2.45, 2.75) is 61.8 Å². The summed E-state index contributed by atoms with van der Waals surface area (Å²) in [4.78, 5) is 35.0. The van der Waals surface area contributed by atoms with Crippen LogP contribution in [0.1, 0.15) is 18.9 Å². The largest absolute Gasteiger partial charge is 0.464 e. The van der Waals surface area contributed by atoms with Crippen LogP contribution in [0.4, 0.5) is 61.5 Å². The molecule has 40 heavy (non-hydrogen) atoms. The van der Waals surface area contributed by atoms with Crippen LogP contribution in [0, 0.1) is 0 Å². The van der Waals surface area contributed by atoms with Gasteiger partial charge in [-0.3, -0.25) is 4.79 Å². The molecule has 0 heterocycles. The van der Waals surface area contributed by atoms with Crippen molar-refractivity contribution in [2.75, 3.05) is 6.61 Å². The van der Waals surface area contributed by atoms with E-state index in [4.69, 9.17) is 0 Å². The average molecular weight is 615 g/mol. The van der Waals surface area contributed by atoms with E-state index in [2.05, 4.69) is 9.47 Å². The third-order valence-corrected chi connectivity index (χ3v) is 4.65. The molecule has 0 aliphatic heterocycles. The molecule has 1 atom stereocenters. The molecule has 0 aromatic heterocycles. The van der Waals surface area contributed by atoms with Crippen LogP contribution in [-0.2, 0) is 25.5 Å². The Morgan fingerprint density at radius 3 is 1.62 bits per heavy atom. The highest BCUT2D eigenvalue weighted by Gasteiger charge is 2.78. The summed E-state index contributed by atoms with van der Waals surface area (Å²) in [5, 5.41) is 0.972. The highest BCUT2D eigenvalue weighted by molar-refractivity contribution is 5.89. The lowest BCUT2D eigenvalue weighted by molar-refractivity contribution is -0.346. The van der Waals surface area contributed by atoms with Crippen molar-refractivity contribution >= 4 is 17.8 Å². The van der Waals surface area contributed by atoms with Crippen LogP contribution in [0.5, 0.6) is 5.75 Å². The standard InChI is InChI=1S/C20H15F14NO5/c1-2-7-39-12(36)11(35-13(37)15(21,22)17(25,26)19(29,30)31)8-9-3-5-10(6-4-9)40-14(38)16(23,24)18(27,28)20(32,33)34/h3-6,11H,2,7-8H2,1H3,(H,35,37). The number of hydrogen-bond donors (Lipinski definition) is 1. The molecule has 0 bridgehead atoms. The number of hydrogen-bond acceptors (Lipinski definition) is 5. The van der Waals surface area contributed by atoms with Crippen LogP contribution in [0.15, 0.2) is 24.3 Å². The van der Waals surface area contributed by atoms with Crippen LogP contribution in [0.25, 0.3) is 0 Å². The smallest absolute Gasteiger partial charge is 0.460 e. The van der Waals surface area contributed by atoms with Gasteiger partial charge < -0.3 is 14.8 Å². The van der Waals surface area contributed by atoms with E-state index in [0.29, 0.717) is 24.3 Å². The molecule has 1 rings (SSSR count). The SMILES string of the molecule is CCCOC(=O)C(Cc1ccc(OC(=O)C(F)(F)C(F)(F)C(F)(F)F)cc1)NC(=O)C(F)(F)C(F)(F)C(F)(F)F. The second-order valence-corrected chi connectivity index (χ2v) is 7.72. The molecule has 0 saturated carbocycles. The highest BCUT2D eigenvalue weighted by atomic mass is 19.4. The Labute approximate surface area is 213 Å². The minimum absolute atomic E-state index is 0.0901. The summed E-state index contributed by atoms with van der Waals surface area (Å²) in [6.07, 6.45) is -14.7. The summed E-state index contributed by atoms with van der Waals surface area (Å²) in [6.45, 7) is 0.985. The summed E-state index contributed by atoms with van der Waals surface area (Å²) >= 11 is 0. The van der Waals surface area contributed by atoms with Gasteiger partial charge in [-0.05, 0) is 24.1 Å². The van der Waals surface area contributed by atoms with Crippen LogP contribution < -0.4 is 10.1 Å². The van der Waals surface area contributed by atoms with E-state index in [-0.39, 0.29) is 12.0 Å². The third-order valence-electron chi connectivity index (χ3n) is 4.65. The molecule has 1 amide bonds. The summed E-state index contributed by atoms with van der Waals surface area (Å²) in [5.74, 6) is -35.8. The van der Waals surface area contributed by atoms with Crippen molar-refractivity contribution in [3.63, 3.8) is 0 Å².